The van der Waals surface area contributed by atoms with E-state index in [9.17, 15) is 0 Å². The Kier molecular flexibility index (Phi) is 4.44. The highest BCUT2D eigenvalue weighted by Crippen LogP contribution is 2.29. The van der Waals surface area contributed by atoms with E-state index in [1.54, 1.807) is 0 Å². The molecule has 2 aromatic carbocycles. The second-order valence-corrected chi connectivity index (χ2v) is 6.47. The minimum absolute atomic E-state index is 0.315. The van der Waals surface area contributed by atoms with E-state index in [0.29, 0.717) is 11.2 Å². The topological polar surface area (TPSA) is 24.1 Å². The van der Waals surface area contributed by atoms with Crippen molar-refractivity contribution in [2.75, 3.05) is 5.32 Å². The number of benzene rings is 2. The van der Waals surface area contributed by atoms with Crippen LogP contribution in [0.15, 0.2) is 42.5 Å². The Balaban J connectivity index is 1.70. The first-order valence-electron chi connectivity index (χ1n) is 7.86. The molecule has 0 fully saturated rings. The standard InChI is InChI=1S/C19H22N2S/c1-13-10-11-17(14(2)12-13)20-19(22)21-18-9-5-7-15-6-3-4-8-16(15)18/h3-4,6,8,10-12,18H,5,7,9H2,1-2H3,(H2,20,21,22)/t18-/m1/s1. The smallest absolute Gasteiger partial charge is 0.171 e. The van der Waals surface area contributed by atoms with Crippen molar-refractivity contribution < 1.29 is 0 Å². The predicted octanol–water partition coefficient (Wildman–Crippen LogP) is 4.67. The number of fused-ring (bicyclic) bond motifs is 1. The molecule has 0 saturated heterocycles. The summed E-state index contributed by atoms with van der Waals surface area (Å²) in [6.07, 6.45) is 3.51. The highest BCUT2D eigenvalue weighted by molar-refractivity contribution is 7.80. The van der Waals surface area contributed by atoms with Gasteiger partial charge in [0.25, 0.3) is 0 Å². The number of nitrogens with one attached hydrogen (secondary N) is 2. The van der Waals surface area contributed by atoms with Gasteiger partial charge in [0.05, 0.1) is 6.04 Å². The summed E-state index contributed by atoms with van der Waals surface area (Å²) in [4.78, 5) is 0. The fourth-order valence-corrected chi connectivity index (χ4v) is 3.43. The third kappa shape index (κ3) is 3.30. The van der Waals surface area contributed by atoms with Crippen molar-refractivity contribution in [2.45, 2.75) is 39.2 Å². The molecule has 0 radical (unpaired) electrons. The predicted molar refractivity (Wildman–Crippen MR) is 97.4 cm³/mol. The van der Waals surface area contributed by atoms with Crippen molar-refractivity contribution in [3.8, 4) is 0 Å². The average molecular weight is 310 g/mol. The maximum Gasteiger partial charge on any atom is 0.171 e. The van der Waals surface area contributed by atoms with Crippen LogP contribution in [0.2, 0.25) is 0 Å². The fraction of sp³-hybridized carbons (Fsp3) is 0.316. The Morgan fingerprint density at radius 1 is 1.14 bits per heavy atom. The summed E-state index contributed by atoms with van der Waals surface area (Å²) in [5, 5.41) is 7.52. The van der Waals surface area contributed by atoms with Crippen LogP contribution < -0.4 is 10.6 Å². The first-order chi connectivity index (χ1) is 10.6. The van der Waals surface area contributed by atoms with E-state index in [4.69, 9.17) is 12.2 Å². The maximum absolute atomic E-state index is 5.52. The number of rotatable bonds is 2. The van der Waals surface area contributed by atoms with Gasteiger partial charge in [0.2, 0.25) is 0 Å². The minimum atomic E-state index is 0.315. The Morgan fingerprint density at radius 3 is 2.77 bits per heavy atom. The van der Waals surface area contributed by atoms with Crippen molar-refractivity contribution in [1.29, 1.82) is 0 Å². The summed E-state index contributed by atoms with van der Waals surface area (Å²) in [7, 11) is 0. The molecule has 1 aliphatic rings. The van der Waals surface area contributed by atoms with Gasteiger partial charge in [-0.3, -0.25) is 0 Å². The van der Waals surface area contributed by atoms with Gasteiger partial charge >= 0.3 is 0 Å². The van der Waals surface area contributed by atoms with Crippen LogP contribution in [0.3, 0.4) is 0 Å². The van der Waals surface area contributed by atoms with Gasteiger partial charge in [0.15, 0.2) is 5.11 Å². The van der Waals surface area contributed by atoms with Crippen LogP contribution in [-0.4, -0.2) is 5.11 Å². The van der Waals surface area contributed by atoms with Crippen LogP contribution in [0, 0.1) is 13.8 Å². The molecule has 2 aromatic rings. The first-order valence-corrected chi connectivity index (χ1v) is 8.27. The zero-order valence-electron chi connectivity index (χ0n) is 13.1. The van der Waals surface area contributed by atoms with Crippen LogP contribution in [0.25, 0.3) is 0 Å². The number of thiocarbonyl (C=S) groups is 1. The minimum Gasteiger partial charge on any atom is -0.356 e. The van der Waals surface area contributed by atoms with Crippen LogP contribution in [0.4, 0.5) is 5.69 Å². The van der Waals surface area contributed by atoms with E-state index in [-0.39, 0.29) is 0 Å². The summed E-state index contributed by atoms with van der Waals surface area (Å²) in [5.41, 5.74) is 6.39. The Hall–Kier alpha value is -1.87. The third-order valence-corrected chi connectivity index (χ3v) is 4.52. The number of hydrogen-bond donors (Lipinski definition) is 2. The summed E-state index contributed by atoms with van der Waals surface area (Å²) < 4.78 is 0. The van der Waals surface area contributed by atoms with Gasteiger partial charge in [-0.2, -0.15) is 0 Å². The van der Waals surface area contributed by atoms with Gasteiger partial charge in [0, 0.05) is 5.69 Å². The Bertz CT molecular complexity index is 694. The van der Waals surface area contributed by atoms with Gasteiger partial charge in [-0.05, 0) is 68.1 Å². The Morgan fingerprint density at radius 2 is 1.95 bits per heavy atom. The number of aryl methyl sites for hydroxylation is 3. The summed E-state index contributed by atoms with van der Waals surface area (Å²) in [6, 6.07) is 15.3. The molecule has 0 bridgehead atoms. The van der Waals surface area contributed by atoms with Crippen molar-refractivity contribution in [3.05, 3.63) is 64.7 Å². The van der Waals surface area contributed by atoms with Gasteiger partial charge < -0.3 is 10.6 Å². The second kappa shape index (κ2) is 6.49. The first kappa shape index (κ1) is 15.0. The summed E-state index contributed by atoms with van der Waals surface area (Å²) >= 11 is 5.52. The average Bonchev–Trinajstić information content (AvgIpc) is 2.50. The lowest BCUT2D eigenvalue weighted by molar-refractivity contribution is 0.529. The summed E-state index contributed by atoms with van der Waals surface area (Å²) in [6.45, 7) is 4.21. The molecule has 2 N–H and O–H groups in total. The van der Waals surface area contributed by atoms with Gasteiger partial charge in [-0.1, -0.05) is 42.0 Å². The molecule has 1 atom stereocenters. The highest BCUT2D eigenvalue weighted by atomic mass is 32.1. The molecule has 0 spiro atoms. The monoisotopic (exact) mass is 310 g/mol. The number of anilines is 1. The van der Waals surface area contributed by atoms with E-state index in [1.165, 1.54) is 35.1 Å². The Labute approximate surface area is 137 Å². The van der Waals surface area contributed by atoms with E-state index in [2.05, 4.69) is 66.9 Å². The van der Waals surface area contributed by atoms with E-state index < -0.39 is 0 Å². The van der Waals surface area contributed by atoms with Crippen molar-refractivity contribution in [2.24, 2.45) is 0 Å². The molecular weight excluding hydrogens is 288 g/mol. The summed E-state index contributed by atoms with van der Waals surface area (Å²) in [5.74, 6) is 0. The lowest BCUT2D eigenvalue weighted by Gasteiger charge is -2.27. The largest absolute Gasteiger partial charge is 0.356 e. The molecule has 2 nitrogen and oxygen atoms in total. The number of hydrogen-bond acceptors (Lipinski definition) is 1. The van der Waals surface area contributed by atoms with Crippen molar-refractivity contribution in [3.63, 3.8) is 0 Å². The molecular formula is C19H22N2S. The van der Waals surface area contributed by atoms with Crippen LogP contribution in [-0.2, 0) is 6.42 Å². The van der Waals surface area contributed by atoms with E-state index in [1.807, 2.05) is 0 Å². The highest BCUT2D eigenvalue weighted by Gasteiger charge is 2.20. The molecule has 3 heteroatoms. The molecule has 114 valence electrons. The molecule has 0 saturated carbocycles. The van der Waals surface area contributed by atoms with Crippen LogP contribution in [0.5, 0.6) is 0 Å². The molecule has 0 aliphatic heterocycles. The zero-order chi connectivity index (χ0) is 15.5. The molecule has 0 heterocycles. The molecule has 3 rings (SSSR count). The zero-order valence-corrected chi connectivity index (χ0v) is 14.0. The molecule has 1 aliphatic carbocycles. The third-order valence-electron chi connectivity index (χ3n) is 4.30. The molecule has 22 heavy (non-hydrogen) atoms. The van der Waals surface area contributed by atoms with Crippen molar-refractivity contribution in [1.82, 2.24) is 5.32 Å². The lowest BCUT2D eigenvalue weighted by atomic mass is 9.88. The molecule has 0 aromatic heterocycles. The second-order valence-electron chi connectivity index (χ2n) is 6.06. The quantitative estimate of drug-likeness (QED) is 0.788. The lowest BCUT2D eigenvalue weighted by Crippen LogP contribution is -2.34. The van der Waals surface area contributed by atoms with E-state index >= 15 is 0 Å². The molecule has 0 amide bonds. The fourth-order valence-electron chi connectivity index (χ4n) is 3.17. The van der Waals surface area contributed by atoms with Gasteiger partial charge in [-0.25, -0.2) is 0 Å². The van der Waals surface area contributed by atoms with Crippen molar-refractivity contribution >= 4 is 23.0 Å². The van der Waals surface area contributed by atoms with Gasteiger partial charge in [0.1, 0.15) is 0 Å². The van der Waals surface area contributed by atoms with Gasteiger partial charge in [-0.15, -0.1) is 0 Å². The SMILES string of the molecule is Cc1ccc(NC(=S)N[C@@H]2CCCc3ccccc32)c(C)c1. The van der Waals surface area contributed by atoms with Crippen LogP contribution >= 0.6 is 12.2 Å². The maximum atomic E-state index is 5.52. The normalized spacial score (nSPS) is 16.7. The van der Waals surface area contributed by atoms with Crippen LogP contribution in [0.1, 0.15) is 41.1 Å². The van der Waals surface area contributed by atoms with E-state index in [0.717, 1.165) is 12.1 Å². The molecule has 0 unspecified atom stereocenters.